The van der Waals surface area contributed by atoms with E-state index in [1.54, 1.807) is 7.11 Å². The summed E-state index contributed by atoms with van der Waals surface area (Å²) in [7, 11) is 1.57. The van der Waals surface area contributed by atoms with Gasteiger partial charge in [0.25, 0.3) is 0 Å². The maximum Gasteiger partial charge on any atom is 0.210 e. The lowest BCUT2D eigenvalue weighted by Gasteiger charge is -2.02. The Balaban J connectivity index is 2.83. The summed E-state index contributed by atoms with van der Waals surface area (Å²) in [6.07, 6.45) is 0. The van der Waals surface area contributed by atoms with E-state index in [0.717, 1.165) is 0 Å². The summed E-state index contributed by atoms with van der Waals surface area (Å²) in [5, 5.41) is 6.63. The van der Waals surface area contributed by atoms with Gasteiger partial charge in [0.15, 0.2) is 0 Å². The van der Waals surface area contributed by atoms with E-state index in [0.29, 0.717) is 13.2 Å². The number of hydrogen-bond acceptors (Lipinski definition) is 3. The molecule has 0 aromatic carbocycles. The Morgan fingerprint density at radius 3 is 2.78 bits per heavy atom. The molecule has 9 heavy (non-hydrogen) atoms. The molecule has 0 radical (unpaired) electrons. The third-order valence-corrected chi connectivity index (χ3v) is 0.572. The van der Waals surface area contributed by atoms with E-state index < -0.39 is 0 Å². The van der Waals surface area contributed by atoms with Gasteiger partial charge in [-0.05, 0) is 0 Å². The predicted octanol–water partition coefficient (Wildman–Crippen LogP) is -0.953. The van der Waals surface area contributed by atoms with Crippen LogP contribution in [0.5, 0.6) is 0 Å². The highest BCUT2D eigenvalue weighted by molar-refractivity contribution is 5.72. The van der Waals surface area contributed by atoms with Crippen molar-refractivity contribution >= 4 is 5.96 Å². The van der Waals surface area contributed by atoms with Gasteiger partial charge in [0.1, 0.15) is 0 Å². The second-order valence-corrected chi connectivity index (χ2v) is 1.36. The molecular formula is C4H11N3O2. The summed E-state index contributed by atoms with van der Waals surface area (Å²) >= 11 is 0. The maximum atomic E-state index is 6.63. The van der Waals surface area contributed by atoms with Crippen LogP contribution in [-0.2, 0) is 9.57 Å². The third-order valence-electron chi connectivity index (χ3n) is 0.572. The minimum atomic E-state index is -0.203. The summed E-state index contributed by atoms with van der Waals surface area (Å²) in [4.78, 5) is 4.61. The summed E-state index contributed by atoms with van der Waals surface area (Å²) < 4.78 is 4.65. The van der Waals surface area contributed by atoms with Gasteiger partial charge in [0.05, 0.1) is 13.2 Å². The Labute approximate surface area is 53.6 Å². The van der Waals surface area contributed by atoms with Crippen molar-refractivity contribution < 1.29 is 9.57 Å². The molecule has 0 rings (SSSR count). The van der Waals surface area contributed by atoms with E-state index in [9.17, 15) is 0 Å². The molecule has 0 aliphatic carbocycles. The fraction of sp³-hybridized carbons (Fsp3) is 0.750. The van der Waals surface area contributed by atoms with E-state index in [4.69, 9.17) is 11.1 Å². The molecule has 0 amide bonds. The number of guanidine groups is 1. The lowest BCUT2D eigenvalue weighted by Crippen LogP contribution is -2.31. The Morgan fingerprint density at radius 1 is 1.67 bits per heavy atom. The highest BCUT2D eigenvalue weighted by atomic mass is 16.7. The van der Waals surface area contributed by atoms with Gasteiger partial charge in [-0.25, -0.2) is 5.48 Å². The van der Waals surface area contributed by atoms with Gasteiger partial charge in [0.2, 0.25) is 5.96 Å². The highest BCUT2D eigenvalue weighted by Gasteiger charge is 1.85. The van der Waals surface area contributed by atoms with Crippen molar-refractivity contribution in [3.63, 3.8) is 0 Å². The topological polar surface area (TPSA) is 80.4 Å². The number of hydrogen-bond donors (Lipinski definition) is 3. The van der Waals surface area contributed by atoms with Crippen LogP contribution < -0.4 is 11.2 Å². The second kappa shape index (κ2) is 5.33. The minimum Gasteiger partial charge on any atom is -0.382 e. The van der Waals surface area contributed by atoms with Gasteiger partial charge < -0.3 is 10.5 Å². The van der Waals surface area contributed by atoms with Crippen molar-refractivity contribution in [2.45, 2.75) is 0 Å². The van der Waals surface area contributed by atoms with Crippen molar-refractivity contribution in [2.75, 3.05) is 20.3 Å². The zero-order chi connectivity index (χ0) is 7.11. The predicted molar refractivity (Wildman–Crippen MR) is 32.9 cm³/mol. The van der Waals surface area contributed by atoms with E-state index in [1.807, 2.05) is 0 Å². The first-order chi connectivity index (χ1) is 4.27. The zero-order valence-electron chi connectivity index (χ0n) is 5.31. The van der Waals surface area contributed by atoms with Crippen LogP contribution in [0.4, 0.5) is 0 Å². The first kappa shape index (κ1) is 8.19. The number of ether oxygens (including phenoxy) is 1. The van der Waals surface area contributed by atoms with Crippen molar-refractivity contribution in [3.8, 4) is 0 Å². The fourth-order valence-corrected chi connectivity index (χ4v) is 0.254. The molecule has 0 spiro atoms. The molecule has 0 bridgehead atoms. The van der Waals surface area contributed by atoms with Crippen LogP contribution in [0.1, 0.15) is 0 Å². The van der Waals surface area contributed by atoms with Crippen LogP contribution in [0, 0.1) is 5.41 Å². The van der Waals surface area contributed by atoms with Crippen molar-refractivity contribution in [2.24, 2.45) is 5.73 Å². The van der Waals surface area contributed by atoms with E-state index >= 15 is 0 Å². The molecule has 0 saturated carbocycles. The maximum absolute atomic E-state index is 6.63. The lowest BCUT2D eigenvalue weighted by molar-refractivity contribution is 0.0370. The van der Waals surface area contributed by atoms with Crippen LogP contribution in [0.25, 0.3) is 0 Å². The first-order valence-electron chi connectivity index (χ1n) is 2.48. The van der Waals surface area contributed by atoms with Crippen LogP contribution >= 0.6 is 0 Å². The molecule has 5 nitrogen and oxygen atoms in total. The second-order valence-electron chi connectivity index (χ2n) is 1.36. The average molecular weight is 133 g/mol. The number of rotatable bonds is 4. The van der Waals surface area contributed by atoms with Gasteiger partial charge in [-0.2, -0.15) is 0 Å². The van der Waals surface area contributed by atoms with Crippen LogP contribution in [0.15, 0.2) is 0 Å². The lowest BCUT2D eigenvalue weighted by atomic mass is 10.8. The first-order valence-corrected chi connectivity index (χ1v) is 2.48. The van der Waals surface area contributed by atoms with Gasteiger partial charge in [-0.1, -0.05) is 0 Å². The number of methoxy groups -OCH3 is 1. The molecule has 0 aromatic rings. The van der Waals surface area contributed by atoms with E-state index in [2.05, 4.69) is 15.1 Å². The molecular weight excluding hydrogens is 122 g/mol. The number of nitrogens with one attached hydrogen (secondary N) is 2. The standard InChI is InChI=1S/C4H11N3O2/c1-8-2-3-9-7-4(5)6/h2-3H2,1H3,(H4,5,6,7). The van der Waals surface area contributed by atoms with Crippen LogP contribution in [-0.4, -0.2) is 26.3 Å². The summed E-state index contributed by atoms with van der Waals surface area (Å²) in [6, 6.07) is 0. The Kier molecular flexibility index (Phi) is 4.85. The van der Waals surface area contributed by atoms with Crippen molar-refractivity contribution in [3.05, 3.63) is 0 Å². The van der Waals surface area contributed by atoms with Gasteiger partial charge in [0, 0.05) is 7.11 Å². The van der Waals surface area contributed by atoms with Crippen LogP contribution in [0.3, 0.4) is 0 Å². The molecule has 5 heteroatoms. The Bertz CT molecular complexity index is 85.9. The molecule has 0 heterocycles. The minimum absolute atomic E-state index is 0.203. The number of hydroxylamine groups is 1. The Hall–Kier alpha value is -0.810. The molecule has 0 aromatic heterocycles. The Morgan fingerprint density at radius 2 is 2.33 bits per heavy atom. The molecule has 0 unspecified atom stereocenters. The van der Waals surface area contributed by atoms with Crippen molar-refractivity contribution in [1.29, 1.82) is 5.41 Å². The summed E-state index contributed by atoms with van der Waals surface area (Å²) in [5.74, 6) is -0.203. The molecule has 0 saturated heterocycles. The molecule has 0 aliphatic rings. The van der Waals surface area contributed by atoms with Crippen LogP contribution in [0.2, 0.25) is 0 Å². The van der Waals surface area contributed by atoms with E-state index in [-0.39, 0.29) is 5.96 Å². The SMILES string of the molecule is COCCONC(=N)N. The molecule has 54 valence electrons. The molecule has 0 fully saturated rings. The average Bonchev–Trinajstić information content (AvgIpc) is 1.80. The summed E-state index contributed by atoms with van der Waals surface area (Å²) in [6.45, 7) is 0.871. The zero-order valence-corrected chi connectivity index (χ0v) is 5.31. The molecule has 4 N–H and O–H groups in total. The monoisotopic (exact) mass is 133 g/mol. The van der Waals surface area contributed by atoms with E-state index in [1.165, 1.54) is 0 Å². The smallest absolute Gasteiger partial charge is 0.210 e. The molecule has 0 atom stereocenters. The third kappa shape index (κ3) is 7.19. The highest BCUT2D eigenvalue weighted by Crippen LogP contribution is 1.67. The van der Waals surface area contributed by atoms with Crippen molar-refractivity contribution in [1.82, 2.24) is 5.48 Å². The summed E-state index contributed by atoms with van der Waals surface area (Å²) in [5.41, 5.74) is 7.04. The largest absolute Gasteiger partial charge is 0.382 e. The fourth-order valence-electron chi connectivity index (χ4n) is 0.254. The van der Waals surface area contributed by atoms with Gasteiger partial charge >= 0.3 is 0 Å². The van der Waals surface area contributed by atoms with Gasteiger partial charge in [-0.15, -0.1) is 0 Å². The quantitative estimate of drug-likeness (QED) is 0.200. The number of nitrogens with two attached hydrogens (primary N) is 1. The normalized spacial score (nSPS) is 9.00. The molecule has 0 aliphatic heterocycles. The van der Waals surface area contributed by atoms with Gasteiger partial charge in [-0.3, -0.25) is 10.2 Å².